The molecule has 6 nitrogen and oxygen atoms in total. The van der Waals surface area contributed by atoms with Crippen molar-refractivity contribution in [3.8, 4) is 5.75 Å². The minimum absolute atomic E-state index is 0.161. The molecule has 144 valence electrons. The van der Waals surface area contributed by atoms with Crippen LogP contribution in [-0.2, 0) is 14.8 Å². The second-order valence-corrected chi connectivity index (χ2v) is 8.63. The molecule has 0 spiro atoms. The van der Waals surface area contributed by atoms with E-state index < -0.39 is 16.1 Å². The fourth-order valence-corrected chi connectivity index (χ4v) is 4.87. The lowest BCUT2D eigenvalue weighted by Crippen LogP contribution is -2.43. The zero-order chi connectivity index (χ0) is 19.6. The highest BCUT2D eigenvalue weighted by Gasteiger charge is 2.39. The van der Waals surface area contributed by atoms with Gasteiger partial charge in [0.25, 0.3) is 0 Å². The molecular weight excluding hydrogens is 364 g/mol. The normalized spacial score (nSPS) is 17.7. The average Bonchev–Trinajstić information content (AvgIpc) is 3.16. The van der Waals surface area contributed by atoms with E-state index in [9.17, 15) is 13.2 Å². The van der Waals surface area contributed by atoms with Gasteiger partial charge in [-0.25, -0.2) is 8.42 Å². The number of sulfonamides is 1. The van der Waals surface area contributed by atoms with Crippen LogP contribution in [0, 0.1) is 13.8 Å². The molecule has 0 saturated carbocycles. The highest BCUT2D eigenvalue weighted by Crippen LogP contribution is 2.28. The Morgan fingerprint density at radius 3 is 2.44 bits per heavy atom. The molecule has 1 aliphatic heterocycles. The maximum Gasteiger partial charge on any atom is 0.243 e. The summed E-state index contributed by atoms with van der Waals surface area (Å²) in [6, 6.07) is 11.2. The van der Waals surface area contributed by atoms with Gasteiger partial charge in [0.1, 0.15) is 11.8 Å². The molecule has 0 bridgehead atoms. The number of carbonyl (C=O) groups is 1. The van der Waals surface area contributed by atoms with Gasteiger partial charge in [-0.15, -0.1) is 0 Å². The number of aryl methyl sites for hydroxylation is 2. The third-order valence-corrected chi connectivity index (χ3v) is 6.87. The van der Waals surface area contributed by atoms with Gasteiger partial charge < -0.3 is 10.1 Å². The van der Waals surface area contributed by atoms with Crippen LogP contribution in [0.5, 0.6) is 5.75 Å². The Labute approximate surface area is 160 Å². The van der Waals surface area contributed by atoms with Gasteiger partial charge >= 0.3 is 0 Å². The summed E-state index contributed by atoms with van der Waals surface area (Å²) >= 11 is 0. The number of rotatable bonds is 5. The van der Waals surface area contributed by atoms with Crippen LogP contribution in [-0.4, -0.2) is 38.3 Å². The molecule has 3 rings (SSSR count). The molecule has 0 aliphatic carbocycles. The largest absolute Gasteiger partial charge is 0.497 e. The zero-order valence-corrected chi connectivity index (χ0v) is 16.5. The lowest BCUT2D eigenvalue weighted by atomic mass is 10.1. The molecule has 0 radical (unpaired) electrons. The zero-order valence-electron chi connectivity index (χ0n) is 15.7. The van der Waals surface area contributed by atoms with Gasteiger partial charge in [0.15, 0.2) is 0 Å². The van der Waals surface area contributed by atoms with Crippen LogP contribution in [0.25, 0.3) is 0 Å². The monoisotopic (exact) mass is 388 g/mol. The predicted octanol–water partition coefficient (Wildman–Crippen LogP) is 3.10. The van der Waals surface area contributed by atoms with Crippen molar-refractivity contribution in [2.45, 2.75) is 37.6 Å². The summed E-state index contributed by atoms with van der Waals surface area (Å²) in [4.78, 5) is 12.9. The number of nitrogens with one attached hydrogen (secondary N) is 1. The molecule has 1 atom stereocenters. The summed E-state index contributed by atoms with van der Waals surface area (Å²) in [5.41, 5.74) is 2.89. The van der Waals surface area contributed by atoms with Gasteiger partial charge in [-0.1, -0.05) is 6.07 Å². The van der Waals surface area contributed by atoms with Gasteiger partial charge in [-0.2, -0.15) is 4.31 Å². The van der Waals surface area contributed by atoms with E-state index in [4.69, 9.17) is 4.74 Å². The Hall–Kier alpha value is -2.38. The minimum atomic E-state index is -3.75. The lowest BCUT2D eigenvalue weighted by Gasteiger charge is -2.23. The smallest absolute Gasteiger partial charge is 0.243 e. The first kappa shape index (κ1) is 19.4. The Balaban J connectivity index is 1.80. The number of methoxy groups -OCH3 is 1. The van der Waals surface area contributed by atoms with Crippen LogP contribution in [0.4, 0.5) is 5.69 Å². The molecule has 0 unspecified atom stereocenters. The molecule has 0 aromatic heterocycles. The average molecular weight is 388 g/mol. The first-order valence-electron chi connectivity index (χ1n) is 8.87. The quantitative estimate of drug-likeness (QED) is 0.854. The van der Waals surface area contributed by atoms with E-state index in [2.05, 4.69) is 5.32 Å². The van der Waals surface area contributed by atoms with Gasteiger partial charge in [0.05, 0.1) is 12.0 Å². The molecule has 1 N–H and O–H groups in total. The second kappa shape index (κ2) is 7.70. The summed E-state index contributed by atoms with van der Waals surface area (Å²) in [5, 5.41) is 2.86. The second-order valence-electron chi connectivity index (χ2n) is 6.74. The number of anilines is 1. The number of nitrogens with zero attached hydrogens (tertiary/aromatic N) is 1. The van der Waals surface area contributed by atoms with Crippen molar-refractivity contribution in [1.82, 2.24) is 4.31 Å². The van der Waals surface area contributed by atoms with Gasteiger partial charge in [0.2, 0.25) is 15.9 Å². The van der Waals surface area contributed by atoms with Crippen molar-refractivity contribution in [1.29, 1.82) is 0 Å². The van der Waals surface area contributed by atoms with Crippen LogP contribution < -0.4 is 10.1 Å². The molecule has 1 aliphatic rings. The Morgan fingerprint density at radius 1 is 1.11 bits per heavy atom. The standard InChI is InChI=1S/C20H24N2O4S/c1-14-6-7-16(13-15(14)2)21-20(23)19-5-4-12-22(19)27(24,25)18-10-8-17(26-3)9-11-18/h6-11,13,19H,4-5,12H2,1-3H3,(H,21,23)/t19-/m0/s1. The van der Waals surface area contributed by atoms with Crippen LogP contribution >= 0.6 is 0 Å². The number of ether oxygens (including phenoxy) is 1. The maximum absolute atomic E-state index is 13.0. The number of hydrogen-bond donors (Lipinski definition) is 1. The van der Waals surface area contributed by atoms with Crippen molar-refractivity contribution in [2.24, 2.45) is 0 Å². The highest BCUT2D eigenvalue weighted by atomic mass is 32.2. The van der Waals surface area contributed by atoms with E-state index in [0.717, 1.165) is 11.1 Å². The van der Waals surface area contributed by atoms with Crippen LogP contribution in [0.1, 0.15) is 24.0 Å². The Morgan fingerprint density at radius 2 is 1.81 bits per heavy atom. The molecule has 1 amide bonds. The van der Waals surface area contributed by atoms with Crippen LogP contribution in [0.3, 0.4) is 0 Å². The van der Waals surface area contributed by atoms with E-state index in [1.54, 1.807) is 12.1 Å². The third kappa shape index (κ3) is 3.99. The molecule has 1 saturated heterocycles. The summed E-state index contributed by atoms with van der Waals surface area (Å²) in [6.07, 6.45) is 1.16. The number of hydrogen-bond acceptors (Lipinski definition) is 4. The van der Waals surface area contributed by atoms with E-state index >= 15 is 0 Å². The van der Waals surface area contributed by atoms with Crippen molar-refractivity contribution < 1.29 is 17.9 Å². The topological polar surface area (TPSA) is 75.7 Å². The summed E-state index contributed by atoms with van der Waals surface area (Å²) in [6.45, 7) is 4.31. The molecule has 2 aromatic carbocycles. The van der Waals surface area contributed by atoms with Crippen LogP contribution in [0.15, 0.2) is 47.4 Å². The van der Waals surface area contributed by atoms with Crippen molar-refractivity contribution in [3.63, 3.8) is 0 Å². The molecular formula is C20H24N2O4S. The molecule has 27 heavy (non-hydrogen) atoms. The van der Waals surface area contributed by atoms with Crippen LogP contribution in [0.2, 0.25) is 0 Å². The van der Waals surface area contributed by atoms with Crippen molar-refractivity contribution in [3.05, 3.63) is 53.6 Å². The van der Waals surface area contributed by atoms with E-state index in [0.29, 0.717) is 30.8 Å². The summed E-state index contributed by atoms with van der Waals surface area (Å²) in [7, 11) is -2.22. The minimum Gasteiger partial charge on any atom is -0.497 e. The number of amides is 1. The first-order chi connectivity index (χ1) is 12.8. The summed E-state index contributed by atoms with van der Waals surface area (Å²) < 4.78 is 32.4. The third-order valence-electron chi connectivity index (χ3n) is 4.95. The predicted molar refractivity (Wildman–Crippen MR) is 104 cm³/mol. The Kier molecular flexibility index (Phi) is 5.53. The van der Waals surface area contributed by atoms with Crippen molar-refractivity contribution in [2.75, 3.05) is 19.0 Å². The Bertz CT molecular complexity index is 939. The molecule has 1 heterocycles. The molecule has 1 fully saturated rings. The maximum atomic E-state index is 13.0. The van der Waals surface area contributed by atoms with E-state index in [-0.39, 0.29) is 10.8 Å². The van der Waals surface area contributed by atoms with Crippen molar-refractivity contribution >= 4 is 21.6 Å². The molecule has 2 aromatic rings. The fourth-order valence-electron chi connectivity index (χ4n) is 3.22. The van der Waals surface area contributed by atoms with Gasteiger partial charge in [-0.05, 0) is 74.2 Å². The fraction of sp³-hybridized carbons (Fsp3) is 0.350. The van der Waals surface area contributed by atoms with E-state index in [1.807, 2.05) is 32.0 Å². The molecule has 7 heteroatoms. The van der Waals surface area contributed by atoms with Gasteiger partial charge in [0, 0.05) is 12.2 Å². The highest BCUT2D eigenvalue weighted by molar-refractivity contribution is 7.89. The first-order valence-corrected chi connectivity index (χ1v) is 10.3. The summed E-state index contributed by atoms with van der Waals surface area (Å²) in [5.74, 6) is 0.284. The number of benzene rings is 2. The SMILES string of the molecule is COc1ccc(S(=O)(=O)N2CCC[C@H]2C(=O)Nc2ccc(C)c(C)c2)cc1. The van der Waals surface area contributed by atoms with Gasteiger partial charge in [-0.3, -0.25) is 4.79 Å². The lowest BCUT2D eigenvalue weighted by molar-refractivity contribution is -0.119. The number of carbonyl (C=O) groups excluding carboxylic acids is 1. The van der Waals surface area contributed by atoms with E-state index in [1.165, 1.54) is 23.5 Å².